The van der Waals surface area contributed by atoms with Crippen LogP contribution in [0, 0.1) is 6.92 Å². The van der Waals surface area contributed by atoms with Gasteiger partial charge in [-0.1, -0.05) is 17.4 Å². The number of aryl methyl sites for hydroxylation is 1. The standard InChI is InChI=1S/C12H13N5OS/c1-6(13-12-17-16-7(2)19-12)8-3-4-9-10(5-8)15-11(18)14-9/h3-6H,1-2H3,(H,13,17)(H2,14,15,18). The normalized spacial score (nSPS) is 12.7. The van der Waals surface area contributed by atoms with Crippen molar-refractivity contribution in [1.82, 2.24) is 20.2 Å². The number of hydrogen-bond acceptors (Lipinski definition) is 5. The van der Waals surface area contributed by atoms with Gasteiger partial charge in [-0.2, -0.15) is 0 Å². The van der Waals surface area contributed by atoms with Gasteiger partial charge in [0.05, 0.1) is 17.1 Å². The van der Waals surface area contributed by atoms with Crippen molar-refractivity contribution < 1.29 is 0 Å². The average Bonchev–Trinajstić information content (AvgIpc) is 2.93. The summed E-state index contributed by atoms with van der Waals surface area (Å²) in [5, 5.41) is 13.0. The molecule has 3 N–H and O–H groups in total. The third kappa shape index (κ3) is 2.37. The van der Waals surface area contributed by atoms with Gasteiger partial charge in [0, 0.05) is 0 Å². The Kier molecular flexibility index (Phi) is 2.83. The van der Waals surface area contributed by atoms with E-state index in [1.54, 1.807) is 0 Å². The highest BCUT2D eigenvalue weighted by atomic mass is 32.1. The number of rotatable bonds is 3. The predicted octanol–water partition coefficient (Wildman–Crippen LogP) is 2.19. The van der Waals surface area contributed by atoms with E-state index in [1.165, 1.54) is 11.3 Å². The van der Waals surface area contributed by atoms with Gasteiger partial charge in [0.2, 0.25) is 5.13 Å². The molecule has 1 atom stereocenters. The maximum atomic E-state index is 11.2. The molecule has 3 rings (SSSR count). The summed E-state index contributed by atoms with van der Waals surface area (Å²) in [5.74, 6) is 0. The highest BCUT2D eigenvalue weighted by molar-refractivity contribution is 7.15. The molecule has 7 heteroatoms. The molecule has 0 spiro atoms. The van der Waals surface area contributed by atoms with E-state index in [4.69, 9.17) is 0 Å². The number of aromatic amines is 2. The Labute approximate surface area is 112 Å². The summed E-state index contributed by atoms with van der Waals surface area (Å²) >= 11 is 1.52. The molecular weight excluding hydrogens is 262 g/mol. The Morgan fingerprint density at radius 1 is 1.26 bits per heavy atom. The van der Waals surface area contributed by atoms with E-state index in [-0.39, 0.29) is 11.7 Å². The number of hydrogen-bond donors (Lipinski definition) is 3. The molecule has 3 aromatic rings. The van der Waals surface area contributed by atoms with Gasteiger partial charge in [-0.25, -0.2) is 4.79 Å². The first-order valence-corrected chi connectivity index (χ1v) is 6.72. The van der Waals surface area contributed by atoms with E-state index in [9.17, 15) is 4.79 Å². The molecule has 2 aromatic heterocycles. The molecule has 1 aromatic carbocycles. The lowest BCUT2D eigenvalue weighted by Crippen LogP contribution is -2.06. The van der Waals surface area contributed by atoms with Crippen molar-refractivity contribution in [3.63, 3.8) is 0 Å². The molecule has 0 amide bonds. The van der Waals surface area contributed by atoms with E-state index < -0.39 is 0 Å². The topological polar surface area (TPSA) is 86.5 Å². The number of aromatic nitrogens is 4. The van der Waals surface area contributed by atoms with E-state index in [2.05, 4.69) is 25.5 Å². The van der Waals surface area contributed by atoms with Crippen LogP contribution in [0.1, 0.15) is 23.5 Å². The zero-order valence-corrected chi connectivity index (χ0v) is 11.3. The maximum Gasteiger partial charge on any atom is 0.323 e. The average molecular weight is 275 g/mol. The van der Waals surface area contributed by atoms with Crippen molar-refractivity contribution in [2.75, 3.05) is 5.32 Å². The predicted molar refractivity (Wildman–Crippen MR) is 75.6 cm³/mol. The van der Waals surface area contributed by atoms with Crippen LogP contribution in [0.5, 0.6) is 0 Å². The van der Waals surface area contributed by atoms with Crippen molar-refractivity contribution in [3.8, 4) is 0 Å². The van der Waals surface area contributed by atoms with Crippen molar-refractivity contribution >= 4 is 27.5 Å². The molecule has 1 unspecified atom stereocenters. The number of H-pyrrole nitrogens is 2. The lowest BCUT2D eigenvalue weighted by molar-refractivity contribution is 0.874. The first-order valence-electron chi connectivity index (χ1n) is 5.90. The van der Waals surface area contributed by atoms with Crippen LogP contribution in [-0.2, 0) is 0 Å². The molecule has 0 aliphatic carbocycles. The first-order chi connectivity index (χ1) is 9.11. The molecule has 0 saturated heterocycles. The Balaban J connectivity index is 1.88. The summed E-state index contributed by atoms with van der Waals surface area (Å²) in [6, 6.07) is 5.93. The van der Waals surface area contributed by atoms with E-state index in [0.717, 1.165) is 26.7 Å². The highest BCUT2D eigenvalue weighted by Gasteiger charge is 2.09. The van der Waals surface area contributed by atoms with Crippen LogP contribution in [0.25, 0.3) is 11.0 Å². The second-order valence-electron chi connectivity index (χ2n) is 4.38. The number of imidazole rings is 1. The van der Waals surface area contributed by atoms with Crippen LogP contribution in [0.2, 0.25) is 0 Å². The minimum Gasteiger partial charge on any atom is -0.354 e. The molecule has 19 heavy (non-hydrogen) atoms. The molecule has 0 aliphatic rings. The minimum atomic E-state index is -0.187. The second kappa shape index (κ2) is 4.51. The molecular formula is C12H13N5OS. The molecule has 98 valence electrons. The number of nitrogens with zero attached hydrogens (tertiary/aromatic N) is 2. The van der Waals surface area contributed by atoms with Crippen LogP contribution < -0.4 is 11.0 Å². The molecule has 2 heterocycles. The second-order valence-corrected chi connectivity index (χ2v) is 5.56. The Morgan fingerprint density at radius 3 is 2.79 bits per heavy atom. The van der Waals surface area contributed by atoms with Crippen LogP contribution in [0.4, 0.5) is 5.13 Å². The fourth-order valence-electron chi connectivity index (χ4n) is 1.94. The number of fused-ring (bicyclic) bond motifs is 1. The summed E-state index contributed by atoms with van der Waals surface area (Å²) in [7, 11) is 0. The summed E-state index contributed by atoms with van der Waals surface area (Å²) in [6.07, 6.45) is 0. The van der Waals surface area contributed by atoms with Crippen LogP contribution in [0.15, 0.2) is 23.0 Å². The minimum absolute atomic E-state index is 0.0927. The molecule has 6 nitrogen and oxygen atoms in total. The van der Waals surface area contributed by atoms with Gasteiger partial charge in [-0.05, 0) is 31.5 Å². The van der Waals surface area contributed by atoms with Crippen LogP contribution in [0.3, 0.4) is 0 Å². The SMILES string of the molecule is Cc1nnc(NC(C)c2ccc3[nH]c(=O)[nH]c3c2)s1. The van der Waals surface area contributed by atoms with Gasteiger partial charge in [-0.15, -0.1) is 10.2 Å². The monoisotopic (exact) mass is 275 g/mol. The van der Waals surface area contributed by atoms with Gasteiger partial charge in [0.15, 0.2) is 0 Å². The zero-order valence-electron chi connectivity index (χ0n) is 10.5. The Bertz CT molecular complexity index is 772. The van der Waals surface area contributed by atoms with Gasteiger partial charge < -0.3 is 15.3 Å². The lowest BCUT2D eigenvalue weighted by Gasteiger charge is -2.12. The zero-order chi connectivity index (χ0) is 13.4. The van der Waals surface area contributed by atoms with Crippen molar-refractivity contribution in [2.45, 2.75) is 19.9 Å². The van der Waals surface area contributed by atoms with Gasteiger partial charge >= 0.3 is 5.69 Å². The number of nitrogens with one attached hydrogen (secondary N) is 3. The quantitative estimate of drug-likeness (QED) is 0.684. The third-order valence-electron chi connectivity index (χ3n) is 2.91. The van der Waals surface area contributed by atoms with Crippen molar-refractivity contribution in [3.05, 3.63) is 39.3 Å². The fourth-order valence-corrected chi connectivity index (χ4v) is 2.62. The van der Waals surface area contributed by atoms with E-state index in [0.29, 0.717) is 0 Å². The summed E-state index contributed by atoms with van der Waals surface area (Å²) < 4.78 is 0. The van der Waals surface area contributed by atoms with Crippen molar-refractivity contribution in [2.24, 2.45) is 0 Å². The Morgan fingerprint density at radius 2 is 2.05 bits per heavy atom. The van der Waals surface area contributed by atoms with Gasteiger partial charge in [-0.3, -0.25) is 0 Å². The van der Waals surface area contributed by atoms with Gasteiger partial charge in [0.1, 0.15) is 5.01 Å². The summed E-state index contributed by atoms with van der Waals surface area (Å²) in [4.78, 5) is 16.7. The smallest absolute Gasteiger partial charge is 0.323 e. The first kappa shape index (κ1) is 11.9. The van der Waals surface area contributed by atoms with Gasteiger partial charge in [0.25, 0.3) is 0 Å². The fraction of sp³-hybridized carbons (Fsp3) is 0.250. The largest absolute Gasteiger partial charge is 0.354 e. The molecule has 0 aliphatic heterocycles. The van der Waals surface area contributed by atoms with Crippen LogP contribution in [-0.4, -0.2) is 20.2 Å². The molecule has 0 fully saturated rings. The summed E-state index contributed by atoms with van der Waals surface area (Å²) in [6.45, 7) is 3.97. The molecule has 0 bridgehead atoms. The van der Waals surface area contributed by atoms with E-state index in [1.807, 2.05) is 32.0 Å². The van der Waals surface area contributed by atoms with E-state index >= 15 is 0 Å². The lowest BCUT2D eigenvalue weighted by atomic mass is 10.1. The highest BCUT2D eigenvalue weighted by Crippen LogP contribution is 2.23. The number of anilines is 1. The van der Waals surface area contributed by atoms with Crippen molar-refractivity contribution in [1.29, 1.82) is 0 Å². The Hall–Kier alpha value is -2.15. The van der Waals surface area contributed by atoms with Crippen LogP contribution >= 0.6 is 11.3 Å². The summed E-state index contributed by atoms with van der Waals surface area (Å²) in [5.41, 5.74) is 2.51. The maximum absolute atomic E-state index is 11.2. The molecule has 0 saturated carbocycles. The number of benzene rings is 1. The third-order valence-corrected chi connectivity index (χ3v) is 3.68. The molecule has 0 radical (unpaired) electrons.